The van der Waals surface area contributed by atoms with Crippen LogP contribution in [0.5, 0.6) is 5.75 Å². The molecule has 112 valence electrons. The summed E-state index contributed by atoms with van der Waals surface area (Å²) in [5, 5.41) is 2.59. The van der Waals surface area contributed by atoms with Gasteiger partial charge < -0.3 is 20.5 Å². The van der Waals surface area contributed by atoms with E-state index < -0.39 is 11.7 Å². The van der Waals surface area contributed by atoms with Gasteiger partial charge in [0.15, 0.2) is 11.4 Å². The van der Waals surface area contributed by atoms with Crippen LogP contribution in [0.3, 0.4) is 0 Å². The Morgan fingerprint density at radius 3 is 2.70 bits per heavy atom. The second kappa shape index (κ2) is 6.56. The monoisotopic (exact) mass is 285 g/mol. The van der Waals surface area contributed by atoms with Crippen molar-refractivity contribution in [3.63, 3.8) is 0 Å². The minimum Gasteiger partial charge on any atom is -0.483 e. The van der Waals surface area contributed by atoms with Crippen molar-refractivity contribution in [2.45, 2.75) is 39.4 Å². The smallest absolute Gasteiger partial charge is 0.407 e. The number of benzene rings is 1. The van der Waals surface area contributed by atoms with Crippen LogP contribution >= 0.6 is 0 Å². The molecule has 0 aliphatic carbocycles. The fourth-order valence-electron chi connectivity index (χ4n) is 1.44. The van der Waals surface area contributed by atoms with Gasteiger partial charge in [0, 0.05) is 12.1 Å². The maximum Gasteiger partial charge on any atom is 0.407 e. The van der Waals surface area contributed by atoms with Crippen LogP contribution in [0.1, 0.15) is 27.7 Å². The largest absolute Gasteiger partial charge is 0.483 e. The fraction of sp³-hybridized carbons (Fsp3) is 0.500. The second-order valence-electron chi connectivity index (χ2n) is 5.56. The van der Waals surface area contributed by atoms with Crippen LogP contribution in [0.25, 0.3) is 0 Å². The van der Waals surface area contributed by atoms with Crippen molar-refractivity contribution in [3.8, 4) is 5.75 Å². The van der Waals surface area contributed by atoms with Gasteiger partial charge in [-0.3, -0.25) is 0 Å². The van der Waals surface area contributed by atoms with Gasteiger partial charge in [-0.05, 0) is 33.8 Å². The van der Waals surface area contributed by atoms with Crippen LogP contribution in [-0.4, -0.2) is 24.3 Å². The van der Waals surface area contributed by atoms with E-state index in [0.29, 0.717) is 11.4 Å². The molecule has 0 heterocycles. The van der Waals surface area contributed by atoms with Crippen molar-refractivity contribution in [2.75, 3.05) is 6.54 Å². The number of hydrogen-bond acceptors (Lipinski definition) is 3. The van der Waals surface area contributed by atoms with E-state index in [1.54, 1.807) is 33.8 Å². The molecule has 1 rings (SSSR count). The van der Waals surface area contributed by atoms with E-state index in [-0.39, 0.29) is 18.5 Å². The predicted molar refractivity (Wildman–Crippen MR) is 73.3 cm³/mol. The molecule has 6 heteroatoms. The number of ether oxygens (including phenoxy) is 2. The third-order valence-corrected chi connectivity index (χ3v) is 2.29. The molecule has 0 saturated heterocycles. The summed E-state index contributed by atoms with van der Waals surface area (Å²) < 4.78 is 23.7. The Labute approximate surface area is 118 Å². The summed E-state index contributed by atoms with van der Waals surface area (Å²) in [4.78, 5) is 11.5. The number of nitrogens with one attached hydrogen (secondary N) is 1. The van der Waals surface area contributed by atoms with Crippen molar-refractivity contribution in [1.29, 1.82) is 0 Å². The van der Waals surface area contributed by atoms with Gasteiger partial charge in [0.25, 0.3) is 0 Å². The lowest BCUT2D eigenvalue weighted by atomic mass is 10.2. The molecule has 4 N–H and O–H groups in total. The van der Waals surface area contributed by atoms with Gasteiger partial charge in [-0.15, -0.1) is 0 Å². The van der Waals surface area contributed by atoms with Gasteiger partial charge in [-0.25, -0.2) is 9.18 Å². The normalized spacial score (nSPS) is 12.7. The van der Waals surface area contributed by atoms with Gasteiger partial charge in [0.2, 0.25) is 0 Å². The number of carbonyl (C=O) groups excluding carboxylic acids is 1. The van der Waals surface area contributed by atoms with E-state index in [4.69, 9.17) is 9.47 Å². The minimum absolute atomic E-state index is 0.255. The molecule has 1 aromatic carbocycles. The highest BCUT2D eigenvalue weighted by molar-refractivity contribution is 5.67. The minimum atomic E-state index is -0.544. The molecule has 20 heavy (non-hydrogen) atoms. The number of halogens is 1. The summed E-state index contributed by atoms with van der Waals surface area (Å²) in [6.45, 7) is 7.38. The average Bonchev–Trinajstić information content (AvgIpc) is 2.29. The average molecular weight is 285 g/mol. The summed E-state index contributed by atoms with van der Waals surface area (Å²) in [6.07, 6.45) is -0.841. The van der Waals surface area contributed by atoms with E-state index >= 15 is 0 Å². The summed E-state index contributed by atoms with van der Waals surface area (Å²) in [5.74, 6) is -0.0248. The lowest BCUT2D eigenvalue weighted by Crippen LogP contribution is -2.42. The molecular weight excluding hydrogens is 263 g/mol. The van der Waals surface area contributed by atoms with Crippen LogP contribution in [0.4, 0.5) is 14.9 Å². The molecule has 0 aliphatic rings. The molecule has 1 amide bonds. The Kier molecular flexibility index (Phi) is 5.33. The summed E-state index contributed by atoms with van der Waals surface area (Å²) in [7, 11) is 0. The van der Waals surface area contributed by atoms with Crippen LogP contribution in [-0.2, 0) is 4.74 Å². The molecule has 0 aliphatic heterocycles. The SMILES string of the molecule is CC(CNC(=O)OC(C)(C)C)Oc1cc(F)ccc1[NH3+]. The van der Waals surface area contributed by atoms with E-state index in [2.05, 4.69) is 11.1 Å². The Balaban J connectivity index is 2.46. The molecule has 1 unspecified atom stereocenters. The Bertz CT molecular complexity index is 472. The third kappa shape index (κ3) is 5.88. The highest BCUT2D eigenvalue weighted by atomic mass is 19.1. The van der Waals surface area contributed by atoms with Crippen molar-refractivity contribution in [2.24, 2.45) is 0 Å². The van der Waals surface area contributed by atoms with Gasteiger partial charge in [-0.1, -0.05) is 0 Å². The first-order chi connectivity index (χ1) is 9.17. The van der Waals surface area contributed by atoms with Crippen molar-refractivity contribution < 1.29 is 24.4 Å². The van der Waals surface area contributed by atoms with Crippen molar-refractivity contribution >= 4 is 11.8 Å². The summed E-state index contributed by atoms with van der Waals surface area (Å²) in [6, 6.07) is 4.13. The number of rotatable bonds is 4. The fourth-order valence-corrected chi connectivity index (χ4v) is 1.44. The van der Waals surface area contributed by atoms with E-state index in [1.165, 1.54) is 12.1 Å². The lowest BCUT2D eigenvalue weighted by molar-refractivity contribution is -0.257. The number of quaternary nitrogens is 1. The van der Waals surface area contributed by atoms with E-state index in [1.807, 2.05) is 0 Å². The van der Waals surface area contributed by atoms with E-state index in [0.717, 1.165) is 0 Å². The van der Waals surface area contributed by atoms with Gasteiger partial charge in [-0.2, -0.15) is 0 Å². The zero-order chi connectivity index (χ0) is 15.3. The molecule has 1 aromatic rings. The molecule has 0 saturated carbocycles. The topological polar surface area (TPSA) is 75.2 Å². The predicted octanol–water partition coefficient (Wildman–Crippen LogP) is 1.99. The first-order valence-corrected chi connectivity index (χ1v) is 6.42. The van der Waals surface area contributed by atoms with E-state index in [9.17, 15) is 9.18 Å². The van der Waals surface area contributed by atoms with Crippen molar-refractivity contribution in [1.82, 2.24) is 5.32 Å². The number of amides is 1. The molecule has 0 aromatic heterocycles. The highest BCUT2D eigenvalue weighted by Gasteiger charge is 2.17. The highest BCUT2D eigenvalue weighted by Crippen LogP contribution is 2.21. The van der Waals surface area contributed by atoms with Crippen LogP contribution < -0.4 is 15.8 Å². The Morgan fingerprint density at radius 2 is 2.10 bits per heavy atom. The molecule has 0 spiro atoms. The van der Waals surface area contributed by atoms with Crippen LogP contribution in [0.15, 0.2) is 18.2 Å². The first-order valence-electron chi connectivity index (χ1n) is 6.42. The molecule has 0 fully saturated rings. The first kappa shape index (κ1) is 16.2. The zero-order valence-electron chi connectivity index (χ0n) is 12.3. The molecular formula is C14H22FN2O3+. The van der Waals surface area contributed by atoms with Crippen LogP contribution in [0, 0.1) is 5.82 Å². The Hall–Kier alpha value is -1.82. The molecule has 5 nitrogen and oxygen atoms in total. The van der Waals surface area contributed by atoms with Gasteiger partial charge in [0.05, 0.1) is 6.54 Å². The Morgan fingerprint density at radius 1 is 1.45 bits per heavy atom. The lowest BCUT2D eigenvalue weighted by Gasteiger charge is -2.21. The summed E-state index contributed by atoms with van der Waals surface area (Å²) in [5.41, 5.74) is 3.80. The molecule has 1 atom stereocenters. The van der Waals surface area contributed by atoms with Gasteiger partial charge in [0.1, 0.15) is 17.5 Å². The standard InChI is InChI=1S/C14H21FN2O3/c1-9(8-17-13(18)20-14(2,3)4)19-12-7-10(15)5-6-11(12)16/h5-7,9H,8,16H2,1-4H3,(H,17,18)/p+1. The number of alkyl carbamates (subject to hydrolysis) is 1. The molecule has 0 radical (unpaired) electrons. The summed E-state index contributed by atoms with van der Waals surface area (Å²) >= 11 is 0. The maximum atomic E-state index is 13.1. The van der Waals surface area contributed by atoms with Gasteiger partial charge >= 0.3 is 6.09 Å². The third-order valence-electron chi connectivity index (χ3n) is 2.29. The van der Waals surface area contributed by atoms with Crippen molar-refractivity contribution in [3.05, 3.63) is 24.0 Å². The quantitative estimate of drug-likeness (QED) is 0.888. The maximum absolute atomic E-state index is 13.1. The number of hydrogen-bond donors (Lipinski definition) is 2. The molecule has 0 bridgehead atoms. The zero-order valence-corrected chi connectivity index (χ0v) is 12.3. The number of carbonyl (C=O) groups is 1. The van der Waals surface area contributed by atoms with Crippen LogP contribution in [0.2, 0.25) is 0 Å². The second-order valence-corrected chi connectivity index (χ2v) is 5.56.